The number of benzene rings is 1. The Balaban J connectivity index is 1.51. The van der Waals surface area contributed by atoms with Crippen LogP contribution in [-0.2, 0) is 0 Å². The minimum Gasteiger partial charge on any atom is -0.454 e. The van der Waals surface area contributed by atoms with Crippen LogP contribution >= 0.6 is 0 Å². The van der Waals surface area contributed by atoms with Gasteiger partial charge in [-0.25, -0.2) is 9.78 Å². The summed E-state index contributed by atoms with van der Waals surface area (Å²) < 4.78 is 12.3. The van der Waals surface area contributed by atoms with Gasteiger partial charge in [-0.2, -0.15) is 0 Å². The van der Waals surface area contributed by atoms with Gasteiger partial charge in [-0.1, -0.05) is 6.07 Å². The van der Waals surface area contributed by atoms with Crippen LogP contribution in [0, 0.1) is 0 Å². The van der Waals surface area contributed by atoms with Gasteiger partial charge in [0.2, 0.25) is 12.7 Å². The second kappa shape index (κ2) is 4.96. The lowest BCUT2D eigenvalue weighted by atomic mass is 10.3. The predicted molar refractivity (Wildman–Crippen MR) is 80.4 cm³/mol. The Morgan fingerprint density at radius 2 is 2.05 bits per heavy atom. The largest absolute Gasteiger partial charge is 0.454 e. The van der Waals surface area contributed by atoms with Crippen molar-refractivity contribution in [1.82, 2.24) is 9.38 Å². The zero-order valence-corrected chi connectivity index (χ0v) is 11.4. The summed E-state index contributed by atoms with van der Waals surface area (Å²) in [6, 6.07) is 10.5. The standard InChI is InChI=1S/C15H12N4O3/c20-15(17-10-4-5-12-13(7-10)22-9-21-12)18-14-16-8-11-3-1-2-6-19(11)14/h1-8H,9H2,(H2,16,17,18,20). The molecule has 2 aromatic heterocycles. The van der Waals surface area contributed by atoms with E-state index in [0.717, 1.165) is 5.52 Å². The number of fused-ring (bicyclic) bond motifs is 2. The smallest absolute Gasteiger partial charge is 0.326 e. The van der Waals surface area contributed by atoms with Crippen molar-refractivity contribution in [3.63, 3.8) is 0 Å². The first-order chi connectivity index (χ1) is 10.8. The van der Waals surface area contributed by atoms with Crippen LogP contribution in [0.4, 0.5) is 16.4 Å². The Morgan fingerprint density at radius 3 is 3.00 bits per heavy atom. The molecule has 110 valence electrons. The maximum absolute atomic E-state index is 12.1. The number of carbonyl (C=O) groups is 1. The maximum atomic E-state index is 12.1. The van der Waals surface area contributed by atoms with E-state index in [4.69, 9.17) is 9.47 Å². The molecule has 7 heteroatoms. The highest BCUT2D eigenvalue weighted by molar-refractivity contribution is 5.99. The number of imidazole rings is 1. The van der Waals surface area contributed by atoms with Gasteiger partial charge in [0, 0.05) is 18.0 Å². The first-order valence-electron chi connectivity index (χ1n) is 6.69. The highest BCUT2D eigenvalue weighted by atomic mass is 16.7. The Labute approximate surface area is 125 Å². The van der Waals surface area contributed by atoms with Gasteiger partial charge >= 0.3 is 6.03 Å². The van der Waals surface area contributed by atoms with E-state index in [1.54, 1.807) is 28.8 Å². The molecule has 0 bridgehead atoms. The van der Waals surface area contributed by atoms with E-state index in [-0.39, 0.29) is 12.8 Å². The quantitative estimate of drug-likeness (QED) is 0.762. The Bertz CT molecular complexity index is 859. The van der Waals surface area contributed by atoms with Crippen molar-refractivity contribution in [2.45, 2.75) is 0 Å². The topological polar surface area (TPSA) is 76.9 Å². The van der Waals surface area contributed by atoms with Crippen molar-refractivity contribution in [3.05, 3.63) is 48.8 Å². The van der Waals surface area contributed by atoms with Crippen LogP contribution in [0.15, 0.2) is 48.8 Å². The average Bonchev–Trinajstić information content (AvgIpc) is 3.14. The lowest BCUT2D eigenvalue weighted by Gasteiger charge is -2.07. The van der Waals surface area contributed by atoms with Crippen molar-refractivity contribution >= 4 is 23.2 Å². The van der Waals surface area contributed by atoms with Crippen LogP contribution in [0.25, 0.3) is 5.52 Å². The molecule has 4 rings (SSSR count). The SMILES string of the molecule is O=C(Nc1ccc2c(c1)OCO2)Nc1ncc2ccccn12. The molecule has 0 unspecified atom stereocenters. The number of aromatic nitrogens is 2. The molecule has 7 nitrogen and oxygen atoms in total. The molecule has 0 aliphatic carbocycles. The Hall–Kier alpha value is -3.22. The third kappa shape index (κ3) is 2.18. The summed E-state index contributed by atoms with van der Waals surface area (Å²) in [4.78, 5) is 16.3. The van der Waals surface area contributed by atoms with Crippen molar-refractivity contribution in [1.29, 1.82) is 0 Å². The Morgan fingerprint density at radius 1 is 1.14 bits per heavy atom. The van der Waals surface area contributed by atoms with Crippen LogP contribution in [0.5, 0.6) is 11.5 Å². The molecule has 0 fully saturated rings. The fraction of sp³-hybridized carbons (Fsp3) is 0.0667. The molecule has 1 aromatic carbocycles. The second-order valence-corrected chi connectivity index (χ2v) is 4.72. The number of carbonyl (C=O) groups excluding carboxylic acids is 1. The zero-order valence-electron chi connectivity index (χ0n) is 11.4. The van der Waals surface area contributed by atoms with Gasteiger partial charge in [0.1, 0.15) is 0 Å². The van der Waals surface area contributed by atoms with Gasteiger partial charge < -0.3 is 14.8 Å². The number of hydrogen-bond donors (Lipinski definition) is 2. The van der Waals surface area contributed by atoms with E-state index in [1.165, 1.54) is 0 Å². The van der Waals surface area contributed by atoms with Crippen LogP contribution in [0.3, 0.4) is 0 Å². The molecule has 3 aromatic rings. The van der Waals surface area contributed by atoms with Gasteiger partial charge in [-0.15, -0.1) is 0 Å². The summed E-state index contributed by atoms with van der Waals surface area (Å²) in [6.45, 7) is 0.199. The van der Waals surface area contributed by atoms with Crippen LogP contribution < -0.4 is 20.1 Å². The second-order valence-electron chi connectivity index (χ2n) is 4.72. The van der Waals surface area contributed by atoms with Gasteiger partial charge in [0.05, 0.1) is 11.7 Å². The van der Waals surface area contributed by atoms with Gasteiger partial charge in [-0.3, -0.25) is 9.72 Å². The molecule has 2 N–H and O–H groups in total. The summed E-state index contributed by atoms with van der Waals surface area (Å²) in [6.07, 6.45) is 3.52. The normalized spacial score (nSPS) is 12.4. The summed E-state index contributed by atoms with van der Waals surface area (Å²) in [5, 5.41) is 5.45. The average molecular weight is 296 g/mol. The molecule has 0 saturated heterocycles. The highest BCUT2D eigenvalue weighted by Crippen LogP contribution is 2.34. The monoisotopic (exact) mass is 296 g/mol. The number of pyridine rings is 1. The third-order valence-corrected chi connectivity index (χ3v) is 3.29. The van der Waals surface area contributed by atoms with Gasteiger partial charge in [0.15, 0.2) is 11.5 Å². The van der Waals surface area contributed by atoms with E-state index >= 15 is 0 Å². The molecule has 0 saturated carbocycles. The number of hydrogen-bond acceptors (Lipinski definition) is 4. The highest BCUT2D eigenvalue weighted by Gasteiger charge is 2.14. The van der Waals surface area contributed by atoms with E-state index in [1.807, 2.05) is 24.4 Å². The van der Waals surface area contributed by atoms with E-state index in [9.17, 15) is 4.79 Å². The van der Waals surface area contributed by atoms with Crippen LogP contribution in [0.2, 0.25) is 0 Å². The lowest BCUT2D eigenvalue weighted by molar-refractivity contribution is 0.174. The van der Waals surface area contributed by atoms with Crippen LogP contribution in [0.1, 0.15) is 0 Å². The van der Waals surface area contributed by atoms with Crippen LogP contribution in [-0.4, -0.2) is 22.2 Å². The summed E-state index contributed by atoms with van der Waals surface area (Å²) in [7, 11) is 0. The molecule has 0 radical (unpaired) electrons. The molecular weight excluding hydrogens is 284 g/mol. The molecule has 0 spiro atoms. The number of nitrogens with zero attached hydrogens (tertiary/aromatic N) is 2. The van der Waals surface area contributed by atoms with Crippen molar-refractivity contribution in [2.75, 3.05) is 17.4 Å². The predicted octanol–water partition coefficient (Wildman–Crippen LogP) is 2.71. The van der Waals surface area contributed by atoms with E-state index in [2.05, 4.69) is 15.6 Å². The molecule has 1 aliphatic heterocycles. The third-order valence-electron chi connectivity index (χ3n) is 3.29. The van der Waals surface area contributed by atoms with Crippen molar-refractivity contribution in [3.8, 4) is 11.5 Å². The number of nitrogens with one attached hydrogen (secondary N) is 2. The van der Waals surface area contributed by atoms with Gasteiger partial charge in [0.25, 0.3) is 0 Å². The lowest BCUT2D eigenvalue weighted by Crippen LogP contribution is -2.20. The summed E-state index contributed by atoms with van der Waals surface area (Å²) in [5.74, 6) is 1.74. The number of rotatable bonds is 2. The number of amides is 2. The van der Waals surface area contributed by atoms with E-state index in [0.29, 0.717) is 23.1 Å². The van der Waals surface area contributed by atoms with E-state index < -0.39 is 0 Å². The molecule has 22 heavy (non-hydrogen) atoms. The minimum atomic E-state index is -0.379. The summed E-state index contributed by atoms with van der Waals surface area (Å²) in [5.41, 5.74) is 1.52. The fourth-order valence-corrected chi connectivity index (χ4v) is 2.27. The number of ether oxygens (including phenoxy) is 2. The molecule has 0 atom stereocenters. The Kier molecular flexibility index (Phi) is 2.82. The minimum absolute atomic E-state index is 0.199. The molecular formula is C15H12N4O3. The fourth-order valence-electron chi connectivity index (χ4n) is 2.27. The number of urea groups is 1. The molecule has 1 aliphatic rings. The zero-order chi connectivity index (χ0) is 14.9. The maximum Gasteiger partial charge on any atom is 0.326 e. The van der Waals surface area contributed by atoms with Crippen molar-refractivity contribution in [2.24, 2.45) is 0 Å². The first-order valence-corrected chi connectivity index (χ1v) is 6.69. The van der Waals surface area contributed by atoms with Crippen molar-refractivity contribution < 1.29 is 14.3 Å². The first kappa shape index (κ1) is 12.5. The molecule has 2 amide bonds. The van der Waals surface area contributed by atoms with Gasteiger partial charge in [-0.05, 0) is 24.3 Å². The molecule has 3 heterocycles. The number of anilines is 2. The summed E-state index contributed by atoms with van der Waals surface area (Å²) >= 11 is 0.